The number of urea groups is 1. The number of amides is 2. The Balaban J connectivity index is 1.47. The molecule has 1 saturated carbocycles. The Morgan fingerprint density at radius 1 is 1.17 bits per heavy atom. The van der Waals surface area contributed by atoms with Gasteiger partial charge in [0.2, 0.25) is 0 Å². The SMILES string of the molecule is O=C(Nc1cccc(OCC2CCCO2)c1)NC1CCCCC1. The molecule has 3 rings (SSSR count). The fourth-order valence-electron chi connectivity index (χ4n) is 3.23. The smallest absolute Gasteiger partial charge is 0.319 e. The van der Waals surface area contributed by atoms with Gasteiger partial charge in [0.1, 0.15) is 12.4 Å². The second-order valence-corrected chi connectivity index (χ2v) is 6.41. The van der Waals surface area contributed by atoms with E-state index in [1.807, 2.05) is 24.3 Å². The van der Waals surface area contributed by atoms with Crippen molar-refractivity contribution in [3.05, 3.63) is 24.3 Å². The molecule has 1 saturated heterocycles. The maximum Gasteiger partial charge on any atom is 0.319 e. The van der Waals surface area contributed by atoms with Crippen molar-refractivity contribution in [2.24, 2.45) is 0 Å². The van der Waals surface area contributed by atoms with Gasteiger partial charge in [-0.2, -0.15) is 0 Å². The van der Waals surface area contributed by atoms with E-state index in [0.717, 1.165) is 43.7 Å². The minimum absolute atomic E-state index is 0.131. The monoisotopic (exact) mass is 318 g/mol. The molecule has 1 atom stereocenters. The Hall–Kier alpha value is -1.75. The minimum Gasteiger partial charge on any atom is -0.491 e. The molecule has 1 aromatic rings. The Morgan fingerprint density at radius 3 is 2.83 bits per heavy atom. The molecule has 23 heavy (non-hydrogen) atoms. The largest absolute Gasteiger partial charge is 0.491 e. The van der Waals surface area contributed by atoms with Gasteiger partial charge in [0.25, 0.3) is 0 Å². The van der Waals surface area contributed by atoms with Crippen LogP contribution in [0.2, 0.25) is 0 Å². The summed E-state index contributed by atoms with van der Waals surface area (Å²) in [6.07, 6.45) is 8.22. The number of carbonyl (C=O) groups is 1. The maximum absolute atomic E-state index is 12.1. The average molecular weight is 318 g/mol. The van der Waals surface area contributed by atoms with Crippen LogP contribution >= 0.6 is 0 Å². The summed E-state index contributed by atoms with van der Waals surface area (Å²) in [7, 11) is 0. The summed E-state index contributed by atoms with van der Waals surface area (Å²) in [5, 5.41) is 5.95. The highest BCUT2D eigenvalue weighted by molar-refractivity contribution is 5.89. The molecular weight excluding hydrogens is 292 g/mol. The first-order valence-corrected chi connectivity index (χ1v) is 8.71. The molecule has 1 unspecified atom stereocenters. The molecule has 0 radical (unpaired) electrons. The molecule has 1 aliphatic heterocycles. The Kier molecular flexibility index (Phi) is 5.75. The Morgan fingerprint density at radius 2 is 2.04 bits per heavy atom. The lowest BCUT2D eigenvalue weighted by Gasteiger charge is -2.22. The Labute approximate surface area is 137 Å². The van der Waals surface area contributed by atoms with E-state index in [4.69, 9.17) is 9.47 Å². The maximum atomic E-state index is 12.1. The highest BCUT2D eigenvalue weighted by Crippen LogP contribution is 2.20. The van der Waals surface area contributed by atoms with Crippen LogP contribution in [0.25, 0.3) is 0 Å². The molecule has 2 aliphatic rings. The highest BCUT2D eigenvalue weighted by Gasteiger charge is 2.17. The fourth-order valence-corrected chi connectivity index (χ4v) is 3.23. The van der Waals surface area contributed by atoms with Crippen molar-refractivity contribution >= 4 is 11.7 Å². The van der Waals surface area contributed by atoms with Gasteiger partial charge in [-0.25, -0.2) is 4.79 Å². The number of anilines is 1. The van der Waals surface area contributed by atoms with Crippen LogP contribution in [0.1, 0.15) is 44.9 Å². The fraction of sp³-hybridized carbons (Fsp3) is 0.611. The van der Waals surface area contributed by atoms with E-state index < -0.39 is 0 Å². The van der Waals surface area contributed by atoms with Crippen molar-refractivity contribution in [3.63, 3.8) is 0 Å². The molecule has 0 bridgehead atoms. The van der Waals surface area contributed by atoms with Crippen LogP contribution in [0, 0.1) is 0 Å². The highest BCUT2D eigenvalue weighted by atomic mass is 16.5. The number of benzene rings is 1. The van der Waals surface area contributed by atoms with Gasteiger partial charge in [0, 0.05) is 24.4 Å². The summed E-state index contributed by atoms with van der Waals surface area (Å²) < 4.78 is 11.3. The zero-order valence-electron chi connectivity index (χ0n) is 13.6. The summed E-state index contributed by atoms with van der Waals surface area (Å²) in [6.45, 7) is 1.40. The topological polar surface area (TPSA) is 59.6 Å². The predicted molar refractivity (Wildman–Crippen MR) is 89.9 cm³/mol. The van der Waals surface area contributed by atoms with E-state index in [2.05, 4.69) is 10.6 Å². The van der Waals surface area contributed by atoms with Gasteiger partial charge in [0.05, 0.1) is 6.10 Å². The average Bonchev–Trinajstić information content (AvgIpc) is 3.07. The molecule has 126 valence electrons. The number of carbonyl (C=O) groups excluding carboxylic acids is 1. The van der Waals surface area contributed by atoms with Crippen molar-refractivity contribution in [3.8, 4) is 5.75 Å². The van der Waals surface area contributed by atoms with Crippen molar-refractivity contribution in [1.82, 2.24) is 5.32 Å². The molecule has 2 fully saturated rings. The third kappa shape index (κ3) is 5.13. The van der Waals surface area contributed by atoms with Gasteiger partial charge in [-0.3, -0.25) is 0 Å². The number of rotatable bonds is 5. The third-order valence-electron chi connectivity index (χ3n) is 4.49. The van der Waals surface area contributed by atoms with Crippen LogP contribution in [0.15, 0.2) is 24.3 Å². The second-order valence-electron chi connectivity index (χ2n) is 6.41. The summed E-state index contributed by atoms with van der Waals surface area (Å²) >= 11 is 0. The van der Waals surface area contributed by atoms with Gasteiger partial charge < -0.3 is 20.1 Å². The van der Waals surface area contributed by atoms with Crippen LogP contribution < -0.4 is 15.4 Å². The predicted octanol–water partition coefficient (Wildman–Crippen LogP) is 3.70. The molecule has 5 nitrogen and oxygen atoms in total. The lowest BCUT2D eigenvalue weighted by atomic mass is 9.96. The van der Waals surface area contributed by atoms with Crippen LogP contribution in [0.5, 0.6) is 5.75 Å². The second kappa shape index (κ2) is 8.20. The molecule has 2 N–H and O–H groups in total. The van der Waals surface area contributed by atoms with Crippen molar-refractivity contribution in [2.75, 3.05) is 18.5 Å². The van der Waals surface area contributed by atoms with Gasteiger partial charge >= 0.3 is 6.03 Å². The molecule has 5 heteroatoms. The molecular formula is C18H26N2O3. The summed E-state index contributed by atoms with van der Waals surface area (Å²) in [5.41, 5.74) is 0.753. The van der Waals surface area contributed by atoms with E-state index in [9.17, 15) is 4.79 Å². The molecule has 1 aromatic carbocycles. The normalized spacial score (nSPS) is 21.8. The third-order valence-corrected chi connectivity index (χ3v) is 4.49. The van der Waals surface area contributed by atoms with Gasteiger partial charge in [-0.15, -0.1) is 0 Å². The van der Waals surface area contributed by atoms with E-state index >= 15 is 0 Å². The summed E-state index contributed by atoms with van der Waals surface area (Å²) in [6, 6.07) is 7.70. The molecule has 0 aromatic heterocycles. The Bertz CT molecular complexity index is 509. The first kappa shape index (κ1) is 16.1. The lowest BCUT2D eigenvalue weighted by molar-refractivity contribution is 0.0680. The molecule has 1 aliphatic carbocycles. The van der Waals surface area contributed by atoms with E-state index in [1.165, 1.54) is 19.3 Å². The summed E-state index contributed by atoms with van der Waals surface area (Å²) in [5.74, 6) is 0.760. The number of nitrogens with one attached hydrogen (secondary N) is 2. The van der Waals surface area contributed by atoms with E-state index in [0.29, 0.717) is 12.6 Å². The van der Waals surface area contributed by atoms with Crippen LogP contribution in [-0.4, -0.2) is 31.4 Å². The van der Waals surface area contributed by atoms with E-state index in [-0.39, 0.29) is 12.1 Å². The minimum atomic E-state index is -0.131. The quantitative estimate of drug-likeness (QED) is 0.870. The van der Waals surface area contributed by atoms with Crippen molar-refractivity contribution in [2.45, 2.75) is 57.1 Å². The van der Waals surface area contributed by atoms with E-state index in [1.54, 1.807) is 0 Å². The molecule has 1 heterocycles. The first-order chi connectivity index (χ1) is 11.3. The van der Waals surface area contributed by atoms with Crippen LogP contribution in [0.3, 0.4) is 0 Å². The first-order valence-electron chi connectivity index (χ1n) is 8.71. The van der Waals surface area contributed by atoms with Crippen LogP contribution in [0.4, 0.5) is 10.5 Å². The zero-order valence-corrected chi connectivity index (χ0v) is 13.6. The summed E-state index contributed by atoms with van der Waals surface area (Å²) in [4.78, 5) is 12.1. The molecule has 2 amide bonds. The lowest BCUT2D eigenvalue weighted by Crippen LogP contribution is -2.39. The standard InChI is InChI=1S/C18H26N2O3/c21-18(19-14-6-2-1-3-7-14)20-15-8-4-9-16(12-15)23-13-17-10-5-11-22-17/h4,8-9,12,14,17H,1-3,5-7,10-11,13H2,(H2,19,20,21). The van der Waals surface area contributed by atoms with Gasteiger partial charge in [-0.1, -0.05) is 25.3 Å². The molecule has 0 spiro atoms. The number of hydrogen-bond acceptors (Lipinski definition) is 3. The number of ether oxygens (including phenoxy) is 2. The van der Waals surface area contributed by atoms with Crippen molar-refractivity contribution < 1.29 is 14.3 Å². The van der Waals surface area contributed by atoms with Crippen LogP contribution in [-0.2, 0) is 4.74 Å². The van der Waals surface area contributed by atoms with Gasteiger partial charge in [-0.05, 0) is 37.8 Å². The van der Waals surface area contributed by atoms with Crippen molar-refractivity contribution in [1.29, 1.82) is 0 Å². The van der Waals surface area contributed by atoms with Gasteiger partial charge in [0.15, 0.2) is 0 Å². The zero-order chi connectivity index (χ0) is 15.9. The number of hydrogen-bond donors (Lipinski definition) is 2.